The number of aryl methyl sites for hydroxylation is 1. The fourth-order valence-corrected chi connectivity index (χ4v) is 6.10. The predicted octanol–water partition coefficient (Wildman–Crippen LogP) is 1.85. The maximum absolute atomic E-state index is 13.9. The number of carbonyl (C=O) groups excluding carboxylic acids is 3. The first-order valence-corrected chi connectivity index (χ1v) is 11.5. The first kappa shape index (κ1) is 21.2. The van der Waals surface area contributed by atoms with E-state index in [0.29, 0.717) is 18.9 Å². The molecule has 0 saturated carbocycles. The molecule has 32 heavy (non-hydrogen) atoms. The normalized spacial score (nSPS) is 33.5. The van der Waals surface area contributed by atoms with E-state index in [4.69, 9.17) is 14.2 Å². The van der Waals surface area contributed by atoms with Crippen LogP contribution in [0.15, 0.2) is 18.2 Å². The van der Waals surface area contributed by atoms with Gasteiger partial charge in [0, 0.05) is 24.6 Å². The maximum Gasteiger partial charge on any atom is 0.312 e. The maximum atomic E-state index is 13.9. The molecular formula is C24H30N2O6. The van der Waals surface area contributed by atoms with Crippen LogP contribution in [-0.4, -0.2) is 72.1 Å². The summed E-state index contributed by atoms with van der Waals surface area (Å²) in [5, 5.41) is 0. The highest BCUT2D eigenvalue weighted by molar-refractivity contribution is 6.02. The van der Waals surface area contributed by atoms with E-state index in [1.165, 1.54) is 0 Å². The molecule has 1 aromatic rings. The summed E-state index contributed by atoms with van der Waals surface area (Å²) in [6, 6.07) is 5.45. The molecule has 5 rings (SSSR count). The zero-order chi connectivity index (χ0) is 22.6. The van der Waals surface area contributed by atoms with Gasteiger partial charge in [-0.05, 0) is 39.7 Å². The van der Waals surface area contributed by atoms with Crippen LogP contribution in [0.1, 0.15) is 43.9 Å². The monoisotopic (exact) mass is 442 g/mol. The lowest BCUT2D eigenvalue weighted by molar-refractivity contribution is -0.171. The smallest absolute Gasteiger partial charge is 0.312 e. The molecule has 8 heteroatoms. The van der Waals surface area contributed by atoms with Crippen LogP contribution in [-0.2, 0) is 23.9 Å². The van der Waals surface area contributed by atoms with Gasteiger partial charge in [0.05, 0.1) is 37.8 Å². The fraction of sp³-hybridized carbons (Fsp3) is 0.625. The van der Waals surface area contributed by atoms with Gasteiger partial charge in [0.15, 0.2) is 0 Å². The number of nitrogens with zero attached hydrogens (tertiary/aromatic N) is 2. The quantitative estimate of drug-likeness (QED) is 0.662. The Kier molecular flexibility index (Phi) is 5.15. The molecule has 4 aliphatic rings. The highest BCUT2D eigenvalue weighted by Gasteiger charge is 2.69. The standard InChI is InChI=1S/C24H30N2O6/c1-4-30-22(28)20-17-13-32-18-8-7-14(2)10-16(18)21(17)26-19(27)12-25(23(29)24(20,26)3)11-15-6-5-9-31-15/h7-8,10,15,17,20-21H,4-6,9,11-13H2,1-3H3/t15?,17?,20?,21?,24-/m1/s1. The summed E-state index contributed by atoms with van der Waals surface area (Å²) in [5.41, 5.74) is 0.558. The summed E-state index contributed by atoms with van der Waals surface area (Å²) in [6.07, 6.45) is 1.75. The number of hydrogen-bond donors (Lipinski definition) is 0. The summed E-state index contributed by atoms with van der Waals surface area (Å²) in [4.78, 5) is 44.0. The number of amides is 2. The number of hydrogen-bond acceptors (Lipinski definition) is 6. The molecule has 3 fully saturated rings. The highest BCUT2D eigenvalue weighted by atomic mass is 16.5. The zero-order valence-electron chi connectivity index (χ0n) is 18.8. The van der Waals surface area contributed by atoms with E-state index < -0.39 is 23.5 Å². The van der Waals surface area contributed by atoms with Gasteiger partial charge in [-0.2, -0.15) is 0 Å². The number of ether oxygens (including phenoxy) is 3. The predicted molar refractivity (Wildman–Crippen MR) is 114 cm³/mol. The molecule has 0 aliphatic carbocycles. The number of benzene rings is 1. The summed E-state index contributed by atoms with van der Waals surface area (Å²) in [5.74, 6) is -1.28. The van der Waals surface area contributed by atoms with Crippen LogP contribution >= 0.6 is 0 Å². The Balaban J connectivity index is 1.59. The van der Waals surface area contributed by atoms with Crippen molar-refractivity contribution in [1.29, 1.82) is 0 Å². The van der Waals surface area contributed by atoms with Crippen LogP contribution in [0.3, 0.4) is 0 Å². The molecule has 3 saturated heterocycles. The Hall–Kier alpha value is -2.61. The molecule has 4 unspecified atom stereocenters. The van der Waals surface area contributed by atoms with Crippen molar-refractivity contribution in [1.82, 2.24) is 9.80 Å². The third kappa shape index (κ3) is 3.03. The lowest BCUT2D eigenvalue weighted by atomic mass is 9.77. The fourth-order valence-electron chi connectivity index (χ4n) is 6.10. The topological polar surface area (TPSA) is 85.4 Å². The SMILES string of the molecule is CCOC(=O)C1C2COc3ccc(C)cc3C2N2C(=O)CN(CC3CCCO3)C(=O)[C@@]12C. The molecule has 2 amide bonds. The Morgan fingerprint density at radius 1 is 1.31 bits per heavy atom. The Morgan fingerprint density at radius 2 is 2.12 bits per heavy atom. The van der Waals surface area contributed by atoms with Crippen molar-refractivity contribution in [3.05, 3.63) is 29.3 Å². The van der Waals surface area contributed by atoms with Crippen LogP contribution in [0.4, 0.5) is 0 Å². The number of fused-ring (bicyclic) bond motifs is 5. The van der Waals surface area contributed by atoms with Crippen LogP contribution in [0.25, 0.3) is 0 Å². The van der Waals surface area contributed by atoms with Crippen LogP contribution in [0, 0.1) is 18.8 Å². The second kappa shape index (κ2) is 7.76. The Labute approximate surface area is 187 Å². The highest BCUT2D eigenvalue weighted by Crippen LogP contribution is 2.56. The summed E-state index contributed by atoms with van der Waals surface area (Å²) in [6.45, 7) is 6.95. The van der Waals surface area contributed by atoms with E-state index in [-0.39, 0.29) is 43.6 Å². The molecule has 0 aromatic heterocycles. The zero-order valence-corrected chi connectivity index (χ0v) is 18.8. The third-order valence-corrected chi connectivity index (χ3v) is 7.44. The van der Waals surface area contributed by atoms with Crippen molar-refractivity contribution in [3.8, 4) is 5.75 Å². The number of rotatable bonds is 4. The second-order valence-electron chi connectivity index (χ2n) is 9.42. The van der Waals surface area contributed by atoms with Crippen molar-refractivity contribution in [2.75, 3.05) is 32.9 Å². The summed E-state index contributed by atoms with van der Waals surface area (Å²) >= 11 is 0. The minimum Gasteiger partial charge on any atom is -0.493 e. The summed E-state index contributed by atoms with van der Waals surface area (Å²) < 4.78 is 17.2. The van der Waals surface area contributed by atoms with Gasteiger partial charge in [-0.25, -0.2) is 0 Å². The molecule has 4 aliphatic heterocycles. The van der Waals surface area contributed by atoms with Gasteiger partial charge in [-0.15, -0.1) is 0 Å². The van der Waals surface area contributed by atoms with Crippen LogP contribution < -0.4 is 4.74 Å². The lowest BCUT2D eigenvalue weighted by Crippen LogP contribution is -2.68. The Morgan fingerprint density at radius 3 is 2.84 bits per heavy atom. The van der Waals surface area contributed by atoms with Crippen molar-refractivity contribution >= 4 is 17.8 Å². The molecule has 5 atom stereocenters. The van der Waals surface area contributed by atoms with Crippen molar-refractivity contribution in [2.45, 2.75) is 51.3 Å². The summed E-state index contributed by atoms with van der Waals surface area (Å²) in [7, 11) is 0. The molecule has 1 aromatic carbocycles. The average molecular weight is 443 g/mol. The van der Waals surface area contributed by atoms with E-state index >= 15 is 0 Å². The van der Waals surface area contributed by atoms with Gasteiger partial charge >= 0.3 is 5.97 Å². The van der Waals surface area contributed by atoms with Gasteiger partial charge < -0.3 is 24.0 Å². The van der Waals surface area contributed by atoms with E-state index in [0.717, 1.165) is 24.0 Å². The van der Waals surface area contributed by atoms with Crippen molar-refractivity contribution in [2.24, 2.45) is 11.8 Å². The Bertz CT molecular complexity index is 958. The van der Waals surface area contributed by atoms with Crippen LogP contribution in [0.2, 0.25) is 0 Å². The molecule has 4 heterocycles. The van der Waals surface area contributed by atoms with Gasteiger partial charge in [0.1, 0.15) is 11.3 Å². The number of carbonyl (C=O) groups is 3. The van der Waals surface area contributed by atoms with Gasteiger partial charge in [0.2, 0.25) is 11.8 Å². The largest absolute Gasteiger partial charge is 0.493 e. The van der Waals surface area contributed by atoms with Gasteiger partial charge in [0.25, 0.3) is 0 Å². The molecule has 172 valence electrons. The van der Waals surface area contributed by atoms with E-state index in [9.17, 15) is 14.4 Å². The molecule has 0 bridgehead atoms. The van der Waals surface area contributed by atoms with E-state index in [1.54, 1.807) is 23.6 Å². The van der Waals surface area contributed by atoms with Crippen molar-refractivity contribution in [3.63, 3.8) is 0 Å². The first-order chi connectivity index (χ1) is 15.4. The molecule has 8 nitrogen and oxygen atoms in total. The van der Waals surface area contributed by atoms with Gasteiger partial charge in [-0.3, -0.25) is 14.4 Å². The number of esters is 1. The van der Waals surface area contributed by atoms with E-state index in [2.05, 4.69) is 0 Å². The molecule has 0 spiro atoms. The minimum absolute atomic E-state index is 0.00491. The molecule has 0 N–H and O–H groups in total. The minimum atomic E-state index is -1.33. The van der Waals surface area contributed by atoms with Crippen LogP contribution in [0.5, 0.6) is 5.75 Å². The molecule has 0 radical (unpaired) electrons. The lowest BCUT2D eigenvalue weighted by Gasteiger charge is -2.47. The van der Waals surface area contributed by atoms with Crippen molar-refractivity contribution < 1.29 is 28.6 Å². The van der Waals surface area contributed by atoms with Gasteiger partial charge in [-0.1, -0.05) is 17.7 Å². The van der Waals surface area contributed by atoms with E-state index in [1.807, 2.05) is 25.1 Å². The average Bonchev–Trinajstić information content (AvgIpc) is 3.36. The molecular weight excluding hydrogens is 412 g/mol. The number of piperazine rings is 1. The first-order valence-electron chi connectivity index (χ1n) is 11.5. The second-order valence-corrected chi connectivity index (χ2v) is 9.42. The third-order valence-electron chi connectivity index (χ3n) is 7.44.